The molecule has 48 heavy (non-hydrogen) atoms. The third kappa shape index (κ3) is 10.9. The van der Waals surface area contributed by atoms with Gasteiger partial charge in [0.1, 0.15) is 0 Å². The molecule has 1 aliphatic heterocycles. The second-order valence-electron chi connectivity index (χ2n) is 11.3. The van der Waals surface area contributed by atoms with Gasteiger partial charge in [-0.3, -0.25) is 9.59 Å². The topological polar surface area (TPSA) is 82.1 Å². The normalized spacial score (nSPS) is 14.2. The van der Waals surface area contributed by atoms with Crippen molar-refractivity contribution in [3.8, 4) is 5.75 Å². The van der Waals surface area contributed by atoms with Crippen LogP contribution in [0.2, 0.25) is 0 Å². The molecule has 0 aliphatic carbocycles. The largest absolute Gasteiger partial charge is 0.490 e. The first-order valence-electron chi connectivity index (χ1n) is 16.0. The Bertz CT molecular complexity index is 1570. The SMILES string of the molecule is CC.CN(C)Cc1ccc(Sc2ccccc2)cc1.C[C@H]1COc2c(NC(=O)C(F)(F)c3ccccc3)cccc2C(=O)N(CCO)C1. The molecule has 4 aromatic carbocycles. The summed E-state index contributed by atoms with van der Waals surface area (Å²) in [5.74, 6) is -5.68. The zero-order valence-electron chi connectivity index (χ0n) is 28.2. The number of hydrogen-bond acceptors (Lipinski definition) is 6. The number of nitrogens with one attached hydrogen (secondary N) is 1. The highest BCUT2D eigenvalue weighted by Crippen LogP contribution is 2.35. The number of benzene rings is 4. The first-order chi connectivity index (χ1) is 23.1. The lowest BCUT2D eigenvalue weighted by Crippen LogP contribution is -2.40. The predicted octanol–water partition coefficient (Wildman–Crippen LogP) is 7.81. The van der Waals surface area contributed by atoms with Crippen LogP contribution in [0.25, 0.3) is 0 Å². The van der Waals surface area contributed by atoms with Gasteiger partial charge in [0.2, 0.25) is 0 Å². The fraction of sp³-hybridized carbons (Fsp3) is 0.316. The second-order valence-corrected chi connectivity index (χ2v) is 12.4. The number of halogens is 2. The van der Waals surface area contributed by atoms with E-state index in [2.05, 4.69) is 72.8 Å². The van der Waals surface area contributed by atoms with Crippen molar-refractivity contribution in [2.24, 2.45) is 5.92 Å². The maximum Gasteiger partial charge on any atom is 0.350 e. The fourth-order valence-electron chi connectivity index (χ4n) is 4.81. The smallest absolute Gasteiger partial charge is 0.350 e. The van der Waals surface area contributed by atoms with Crippen LogP contribution in [0, 0.1) is 5.92 Å². The molecule has 0 unspecified atom stereocenters. The quantitative estimate of drug-likeness (QED) is 0.188. The maximum absolute atomic E-state index is 14.6. The minimum atomic E-state index is -3.76. The molecule has 0 fully saturated rings. The van der Waals surface area contributed by atoms with Crippen LogP contribution < -0.4 is 10.1 Å². The number of β-amino-alcohol motifs (C(OH)–C–C–N with tert-alkyl or cyclic N) is 1. The van der Waals surface area contributed by atoms with E-state index < -0.39 is 23.3 Å². The van der Waals surface area contributed by atoms with Gasteiger partial charge in [0.05, 0.1) is 24.5 Å². The molecule has 10 heteroatoms. The molecule has 4 aromatic rings. The lowest BCUT2D eigenvalue weighted by Gasteiger charge is -2.30. The van der Waals surface area contributed by atoms with Crippen molar-refractivity contribution >= 4 is 29.3 Å². The molecular weight excluding hydrogens is 632 g/mol. The summed E-state index contributed by atoms with van der Waals surface area (Å²) in [6, 6.07) is 30.4. The molecule has 0 spiro atoms. The van der Waals surface area contributed by atoms with E-state index in [4.69, 9.17) is 4.74 Å². The van der Waals surface area contributed by atoms with Crippen LogP contribution in [0.15, 0.2) is 113 Å². The number of alkyl halides is 2. The van der Waals surface area contributed by atoms with E-state index in [0.717, 1.165) is 6.54 Å². The second kappa shape index (κ2) is 18.9. The molecule has 256 valence electrons. The minimum Gasteiger partial charge on any atom is -0.490 e. The molecule has 1 atom stereocenters. The van der Waals surface area contributed by atoms with Crippen molar-refractivity contribution in [1.82, 2.24) is 9.80 Å². The van der Waals surface area contributed by atoms with Crippen molar-refractivity contribution in [3.63, 3.8) is 0 Å². The van der Waals surface area contributed by atoms with Gasteiger partial charge in [-0.05, 0) is 56.1 Å². The van der Waals surface area contributed by atoms with E-state index in [1.165, 1.54) is 62.7 Å². The number of para-hydroxylation sites is 1. The molecule has 0 saturated carbocycles. The Balaban J connectivity index is 0.000000279. The standard InChI is InChI=1S/C21H22F2N2O4.C15H17NS.C2H6/c1-14-12-25(10-11-26)19(27)16-8-5-9-17(18(16)29-13-14)24-20(28)21(22,23)15-6-3-2-4-7-15;1-16(2)12-13-8-10-15(11-9-13)17-14-6-4-3-5-7-14;1-2/h2-9,14,26H,10-13H2,1H3,(H,24,28);3-11H,12H2,1-2H3;1-2H3/t14-;;/m1../s1. The molecule has 0 aromatic heterocycles. The maximum atomic E-state index is 14.6. The van der Waals surface area contributed by atoms with Crippen molar-refractivity contribution in [1.29, 1.82) is 0 Å². The number of carbonyl (C=O) groups is 2. The Kier molecular flexibility index (Phi) is 15.1. The van der Waals surface area contributed by atoms with Crippen LogP contribution in [0.1, 0.15) is 42.3 Å². The van der Waals surface area contributed by atoms with Gasteiger partial charge in [-0.1, -0.05) is 99.3 Å². The van der Waals surface area contributed by atoms with Crippen LogP contribution in [0.3, 0.4) is 0 Å². The van der Waals surface area contributed by atoms with E-state index in [-0.39, 0.29) is 42.7 Å². The number of amides is 2. The van der Waals surface area contributed by atoms with Gasteiger partial charge >= 0.3 is 5.92 Å². The predicted molar refractivity (Wildman–Crippen MR) is 189 cm³/mol. The van der Waals surface area contributed by atoms with E-state index in [1.54, 1.807) is 17.8 Å². The number of rotatable bonds is 9. The Morgan fingerprint density at radius 2 is 1.54 bits per heavy atom. The number of ether oxygens (including phenoxy) is 1. The Hall–Kier alpha value is -4.25. The third-order valence-electron chi connectivity index (χ3n) is 7.02. The lowest BCUT2D eigenvalue weighted by atomic mass is 10.1. The average molecular weight is 678 g/mol. The molecule has 2 N–H and O–H groups in total. The first-order valence-corrected chi connectivity index (χ1v) is 16.8. The Labute approximate surface area is 286 Å². The highest BCUT2D eigenvalue weighted by molar-refractivity contribution is 7.99. The van der Waals surface area contributed by atoms with Crippen molar-refractivity contribution in [3.05, 3.63) is 120 Å². The summed E-state index contributed by atoms with van der Waals surface area (Å²) < 4.78 is 34.8. The minimum absolute atomic E-state index is 0.00509. The Morgan fingerprint density at radius 3 is 2.15 bits per heavy atom. The van der Waals surface area contributed by atoms with Crippen LogP contribution in [0.4, 0.5) is 14.5 Å². The van der Waals surface area contributed by atoms with Crippen LogP contribution in [-0.2, 0) is 17.3 Å². The van der Waals surface area contributed by atoms with E-state index in [0.29, 0.717) is 6.54 Å². The Morgan fingerprint density at radius 1 is 0.938 bits per heavy atom. The molecule has 1 aliphatic rings. The van der Waals surface area contributed by atoms with Crippen LogP contribution in [0.5, 0.6) is 5.75 Å². The number of aliphatic hydroxyl groups is 1. The average Bonchev–Trinajstić information content (AvgIpc) is 3.09. The molecule has 1 heterocycles. The molecule has 7 nitrogen and oxygen atoms in total. The number of anilines is 1. The monoisotopic (exact) mass is 677 g/mol. The van der Waals surface area contributed by atoms with Crippen molar-refractivity contribution < 1.29 is 28.2 Å². The summed E-state index contributed by atoms with van der Waals surface area (Å²) in [4.78, 5) is 31.4. The first kappa shape index (κ1) is 38.2. The molecular formula is C38H45F2N3O4S. The summed E-state index contributed by atoms with van der Waals surface area (Å²) in [6.45, 7) is 7.43. The summed E-state index contributed by atoms with van der Waals surface area (Å²) in [5, 5.41) is 11.4. The summed E-state index contributed by atoms with van der Waals surface area (Å²) in [7, 11) is 4.18. The molecule has 2 amide bonds. The number of aliphatic hydroxyl groups excluding tert-OH is 1. The summed E-state index contributed by atoms with van der Waals surface area (Å²) in [5.41, 5.74) is 1.06. The zero-order valence-corrected chi connectivity index (χ0v) is 29.0. The third-order valence-corrected chi connectivity index (χ3v) is 8.03. The highest BCUT2D eigenvalue weighted by Gasteiger charge is 2.41. The molecule has 5 rings (SSSR count). The number of hydrogen-bond donors (Lipinski definition) is 2. The molecule has 0 radical (unpaired) electrons. The van der Waals surface area contributed by atoms with Gasteiger partial charge in [0, 0.05) is 40.9 Å². The zero-order chi connectivity index (χ0) is 35.1. The summed E-state index contributed by atoms with van der Waals surface area (Å²) in [6.07, 6.45) is 0. The van der Waals surface area contributed by atoms with Crippen molar-refractivity contribution in [2.45, 2.75) is 43.0 Å². The van der Waals surface area contributed by atoms with Crippen LogP contribution >= 0.6 is 11.8 Å². The van der Waals surface area contributed by atoms with E-state index in [1.807, 2.05) is 26.8 Å². The van der Waals surface area contributed by atoms with Gasteiger partial charge in [0.15, 0.2) is 5.75 Å². The molecule has 0 saturated heterocycles. The number of fused-ring (bicyclic) bond motifs is 1. The van der Waals surface area contributed by atoms with Gasteiger partial charge in [-0.2, -0.15) is 8.78 Å². The summed E-state index contributed by atoms with van der Waals surface area (Å²) >= 11 is 1.80. The van der Waals surface area contributed by atoms with Gasteiger partial charge < -0.3 is 25.0 Å². The van der Waals surface area contributed by atoms with E-state index in [9.17, 15) is 23.5 Å². The van der Waals surface area contributed by atoms with Gasteiger partial charge in [-0.25, -0.2) is 0 Å². The van der Waals surface area contributed by atoms with E-state index >= 15 is 0 Å². The number of nitrogens with zero attached hydrogens (tertiary/aromatic N) is 2. The van der Waals surface area contributed by atoms with Gasteiger partial charge in [-0.15, -0.1) is 0 Å². The highest BCUT2D eigenvalue weighted by atomic mass is 32.2. The fourth-order valence-corrected chi connectivity index (χ4v) is 5.65. The van der Waals surface area contributed by atoms with Crippen molar-refractivity contribution in [2.75, 3.05) is 45.7 Å². The van der Waals surface area contributed by atoms with Gasteiger partial charge in [0.25, 0.3) is 11.8 Å². The number of carbonyl (C=O) groups excluding carboxylic acids is 2. The molecule has 0 bridgehead atoms. The lowest BCUT2D eigenvalue weighted by molar-refractivity contribution is -0.140. The van der Waals surface area contributed by atoms with Crippen LogP contribution in [-0.4, -0.2) is 67.1 Å².